The van der Waals surface area contributed by atoms with Gasteiger partial charge in [0.1, 0.15) is 0 Å². The van der Waals surface area contributed by atoms with Crippen molar-refractivity contribution in [3.05, 3.63) is 54.6 Å². The highest BCUT2D eigenvalue weighted by Gasteiger charge is 2.29. The number of rotatable bonds is 7. The molecule has 3 rings (SSSR count). The fraction of sp³-hybridized carbons (Fsp3) is 0.565. The molecule has 0 radical (unpaired) electrons. The van der Waals surface area contributed by atoms with Gasteiger partial charge in [0.15, 0.2) is 5.96 Å². The highest BCUT2D eigenvalue weighted by atomic mass is 15.3. The van der Waals surface area contributed by atoms with Crippen LogP contribution in [0, 0.1) is 5.92 Å². The van der Waals surface area contributed by atoms with Gasteiger partial charge in [-0.1, -0.05) is 37.3 Å². The normalized spacial score (nSPS) is 21.4. The number of nitrogens with zero attached hydrogens (tertiary/aromatic N) is 5. The average Bonchev–Trinajstić information content (AvgIpc) is 3.26. The molecule has 3 atom stereocenters. The van der Waals surface area contributed by atoms with Crippen molar-refractivity contribution >= 4 is 5.96 Å². The highest BCUT2D eigenvalue weighted by molar-refractivity contribution is 5.80. The molecule has 6 nitrogen and oxygen atoms in total. The first-order valence-electron chi connectivity index (χ1n) is 10.8. The van der Waals surface area contributed by atoms with Crippen LogP contribution in [0.25, 0.3) is 0 Å². The van der Waals surface area contributed by atoms with Crippen LogP contribution >= 0.6 is 0 Å². The van der Waals surface area contributed by atoms with E-state index in [0.717, 1.165) is 45.0 Å². The van der Waals surface area contributed by atoms with Crippen molar-refractivity contribution in [2.24, 2.45) is 10.9 Å². The van der Waals surface area contributed by atoms with E-state index in [1.807, 2.05) is 12.5 Å². The third-order valence-corrected chi connectivity index (χ3v) is 5.96. The molecule has 3 unspecified atom stereocenters. The number of imidazole rings is 1. The van der Waals surface area contributed by atoms with Gasteiger partial charge in [-0.15, -0.1) is 0 Å². The monoisotopic (exact) mass is 396 g/mol. The minimum atomic E-state index is 0.374. The summed E-state index contributed by atoms with van der Waals surface area (Å²) in [5.41, 5.74) is 1.36. The number of likely N-dealkylation sites (tertiary alicyclic amines) is 1. The summed E-state index contributed by atoms with van der Waals surface area (Å²) in [7, 11) is 4.29. The maximum absolute atomic E-state index is 5.06. The van der Waals surface area contributed by atoms with Crippen molar-refractivity contribution < 1.29 is 0 Å². The van der Waals surface area contributed by atoms with Gasteiger partial charge >= 0.3 is 0 Å². The first-order valence-corrected chi connectivity index (χ1v) is 10.8. The molecule has 0 bridgehead atoms. The Balaban J connectivity index is 1.70. The number of hydrogen-bond donors (Lipinski definition) is 1. The Hall–Kier alpha value is -2.34. The summed E-state index contributed by atoms with van der Waals surface area (Å²) < 4.78 is 2.25. The van der Waals surface area contributed by atoms with Crippen LogP contribution in [0.3, 0.4) is 0 Å². The Kier molecular flexibility index (Phi) is 7.69. The number of aliphatic imine (C=N–C) groups is 1. The molecule has 1 aromatic heterocycles. The van der Waals surface area contributed by atoms with Crippen molar-refractivity contribution in [1.29, 1.82) is 0 Å². The van der Waals surface area contributed by atoms with E-state index < -0.39 is 0 Å². The Morgan fingerprint density at radius 1 is 1.31 bits per heavy atom. The molecule has 2 aromatic rings. The Morgan fingerprint density at radius 3 is 2.76 bits per heavy atom. The van der Waals surface area contributed by atoms with Crippen LogP contribution in [-0.4, -0.2) is 71.6 Å². The van der Waals surface area contributed by atoms with Crippen LogP contribution < -0.4 is 5.32 Å². The number of benzene rings is 1. The van der Waals surface area contributed by atoms with Crippen molar-refractivity contribution in [2.45, 2.75) is 38.8 Å². The van der Waals surface area contributed by atoms with Gasteiger partial charge in [-0.2, -0.15) is 0 Å². The number of aromatic nitrogens is 2. The lowest BCUT2D eigenvalue weighted by atomic mass is 9.93. The molecule has 1 aliphatic heterocycles. The van der Waals surface area contributed by atoms with Crippen molar-refractivity contribution in [3.63, 3.8) is 0 Å². The van der Waals surface area contributed by atoms with Gasteiger partial charge in [0.25, 0.3) is 0 Å². The summed E-state index contributed by atoms with van der Waals surface area (Å²) in [5, 5.41) is 3.52. The largest absolute Gasteiger partial charge is 0.357 e. The zero-order valence-electron chi connectivity index (χ0n) is 18.3. The van der Waals surface area contributed by atoms with Crippen LogP contribution in [-0.2, 0) is 6.42 Å². The minimum absolute atomic E-state index is 0.374. The highest BCUT2D eigenvalue weighted by Crippen LogP contribution is 2.27. The summed E-state index contributed by atoms with van der Waals surface area (Å²) in [4.78, 5) is 14.0. The topological polar surface area (TPSA) is 48.7 Å². The zero-order valence-corrected chi connectivity index (χ0v) is 18.3. The summed E-state index contributed by atoms with van der Waals surface area (Å²) in [6.45, 7) is 8.16. The molecule has 6 heteroatoms. The van der Waals surface area contributed by atoms with Crippen molar-refractivity contribution in [3.8, 4) is 0 Å². The van der Waals surface area contributed by atoms with Gasteiger partial charge in [-0.3, -0.25) is 4.99 Å². The molecule has 1 fully saturated rings. The molecule has 1 aromatic carbocycles. The van der Waals surface area contributed by atoms with Gasteiger partial charge in [0.05, 0.1) is 18.9 Å². The van der Waals surface area contributed by atoms with Crippen LogP contribution in [0.1, 0.15) is 31.9 Å². The second kappa shape index (κ2) is 10.4. The lowest BCUT2D eigenvalue weighted by Crippen LogP contribution is -2.49. The molecule has 0 spiro atoms. The lowest BCUT2D eigenvalue weighted by molar-refractivity contribution is 0.188. The van der Waals surface area contributed by atoms with E-state index in [1.54, 1.807) is 0 Å². The van der Waals surface area contributed by atoms with Crippen LogP contribution in [0.4, 0.5) is 0 Å². The Morgan fingerprint density at radius 2 is 2.10 bits per heavy atom. The molecule has 29 heavy (non-hydrogen) atoms. The second-order valence-corrected chi connectivity index (χ2v) is 8.29. The van der Waals surface area contributed by atoms with Crippen LogP contribution in [0.5, 0.6) is 0 Å². The molecular weight excluding hydrogens is 360 g/mol. The third-order valence-electron chi connectivity index (χ3n) is 5.96. The third kappa shape index (κ3) is 5.82. The molecule has 1 saturated heterocycles. The lowest BCUT2D eigenvalue weighted by Gasteiger charge is -2.39. The van der Waals surface area contributed by atoms with Gasteiger partial charge < -0.3 is 19.7 Å². The fourth-order valence-corrected chi connectivity index (χ4v) is 4.01. The zero-order chi connectivity index (χ0) is 20.6. The molecule has 0 aliphatic carbocycles. The predicted molar refractivity (Wildman–Crippen MR) is 120 cm³/mol. The van der Waals surface area contributed by atoms with E-state index in [4.69, 9.17) is 4.99 Å². The fourth-order valence-electron chi connectivity index (χ4n) is 4.01. The van der Waals surface area contributed by atoms with Crippen LogP contribution in [0.15, 0.2) is 54.0 Å². The quantitative estimate of drug-likeness (QED) is 0.578. The number of piperidine rings is 1. The molecule has 2 heterocycles. The molecular formula is C23H36N6. The molecule has 158 valence electrons. The summed E-state index contributed by atoms with van der Waals surface area (Å²) in [6.07, 6.45) is 8.06. The molecule has 1 N–H and O–H groups in total. The molecule has 1 aliphatic rings. The summed E-state index contributed by atoms with van der Waals surface area (Å²) >= 11 is 0. The van der Waals surface area contributed by atoms with Gasteiger partial charge in [0, 0.05) is 38.1 Å². The maximum Gasteiger partial charge on any atom is 0.194 e. The van der Waals surface area contributed by atoms with Crippen LogP contribution in [0.2, 0.25) is 0 Å². The van der Waals surface area contributed by atoms with Gasteiger partial charge in [-0.25, -0.2) is 4.98 Å². The van der Waals surface area contributed by atoms with Crippen molar-refractivity contribution in [2.75, 3.05) is 40.3 Å². The average molecular weight is 397 g/mol. The van der Waals surface area contributed by atoms with E-state index in [-0.39, 0.29) is 0 Å². The predicted octanol–water partition coefficient (Wildman–Crippen LogP) is 2.90. The van der Waals surface area contributed by atoms with Gasteiger partial charge in [-0.05, 0) is 45.3 Å². The molecule has 0 amide bonds. The number of likely N-dealkylation sites (N-methyl/N-ethyl adjacent to an activating group) is 1. The standard InChI is InChI=1S/C23H36N6/c1-5-25-23(26-16-21(27(3)4)15-20-9-7-6-8-10-20)28-13-11-19(2)22(17-28)29-14-12-24-18-29/h6-10,12,14,18-19,21-22H,5,11,13,15-17H2,1-4H3,(H,25,26). The smallest absolute Gasteiger partial charge is 0.194 e. The van der Waals surface area contributed by atoms with Gasteiger partial charge in [0.2, 0.25) is 0 Å². The number of hydrogen-bond acceptors (Lipinski definition) is 3. The van der Waals surface area contributed by atoms with Crippen molar-refractivity contribution in [1.82, 2.24) is 24.7 Å². The SMILES string of the molecule is CCNC(=NCC(Cc1ccccc1)N(C)C)N1CCC(C)C(n2ccnc2)C1. The van der Waals surface area contributed by atoms with E-state index in [0.29, 0.717) is 18.0 Å². The molecule has 0 saturated carbocycles. The minimum Gasteiger partial charge on any atom is -0.357 e. The number of nitrogens with one attached hydrogen (secondary N) is 1. The maximum atomic E-state index is 5.06. The first-order chi connectivity index (χ1) is 14.1. The Labute approximate surface area is 175 Å². The van der Waals surface area contributed by atoms with E-state index >= 15 is 0 Å². The van der Waals surface area contributed by atoms with E-state index in [1.165, 1.54) is 5.56 Å². The first kappa shape index (κ1) is 21.4. The summed E-state index contributed by atoms with van der Waals surface area (Å²) in [5.74, 6) is 1.67. The number of guanidine groups is 1. The summed E-state index contributed by atoms with van der Waals surface area (Å²) in [6, 6.07) is 11.5. The van der Waals surface area contributed by atoms with E-state index in [9.17, 15) is 0 Å². The Bertz CT molecular complexity index is 740. The second-order valence-electron chi connectivity index (χ2n) is 8.29. The van der Waals surface area contributed by atoms with E-state index in [2.05, 4.69) is 89.1 Å².